The molecule has 3 fully saturated rings. The topological polar surface area (TPSA) is 119 Å². The van der Waals surface area contributed by atoms with E-state index in [-0.39, 0.29) is 30.8 Å². The minimum Gasteiger partial charge on any atom is -0.436 e. The Hall–Kier alpha value is -4.03. The quantitative estimate of drug-likeness (QED) is 0.348. The third-order valence-corrected chi connectivity index (χ3v) is 11.9. The monoisotopic (exact) mass is 701 g/mol. The molecule has 0 bridgehead atoms. The molecule has 0 spiro atoms. The van der Waals surface area contributed by atoms with E-state index < -0.39 is 12.2 Å². The summed E-state index contributed by atoms with van der Waals surface area (Å²) in [5.74, 6) is -0.128. The molecule has 3 N–H and O–H groups in total. The van der Waals surface area contributed by atoms with E-state index in [1.54, 1.807) is 12.0 Å². The van der Waals surface area contributed by atoms with E-state index in [9.17, 15) is 14.4 Å². The number of amides is 4. The van der Waals surface area contributed by atoms with E-state index in [0.29, 0.717) is 57.0 Å². The van der Waals surface area contributed by atoms with Crippen molar-refractivity contribution in [2.75, 3.05) is 68.9 Å². The van der Waals surface area contributed by atoms with Crippen LogP contribution in [-0.4, -0.2) is 115 Å². The highest BCUT2D eigenvalue weighted by Crippen LogP contribution is 2.35. The van der Waals surface area contributed by atoms with Crippen molar-refractivity contribution in [3.8, 4) is 0 Å². The number of benzene rings is 2. The lowest BCUT2D eigenvalue weighted by Crippen LogP contribution is -2.53. The Bertz CT molecular complexity index is 1590. The van der Waals surface area contributed by atoms with Gasteiger partial charge in [0.1, 0.15) is 0 Å². The molecule has 4 amide bonds. The lowest BCUT2D eigenvalue weighted by atomic mass is 9.82. The molecular formula is C39H55N7O5. The molecule has 5 aliphatic rings. The zero-order valence-corrected chi connectivity index (χ0v) is 30.7. The van der Waals surface area contributed by atoms with Gasteiger partial charge in [0.15, 0.2) is 6.10 Å². The van der Waals surface area contributed by atoms with Crippen LogP contribution in [0.5, 0.6) is 0 Å². The highest BCUT2D eigenvalue weighted by molar-refractivity contribution is 5.91. The smallest absolute Gasteiger partial charge is 0.410 e. The first-order valence-corrected chi connectivity index (χ1v) is 18.9. The van der Waals surface area contributed by atoms with Crippen LogP contribution in [0.4, 0.5) is 26.7 Å². The average molecular weight is 702 g/mol. The fourth-order valence-corrected chi connectivity index (χ4v) is 8.55. The molecule has 0 aromatic heterocycles. The summed E-state index contributed by atoms with van der Waals surface area (Å²) in [5.41, 5.74) is 6.22. The highest BCUT2D eigenvalue weighted by Gasteiger charge is 2.37. The van der Waals surface area contributed by atoms with Crippen LogP contribution in [-0.2, 0) is 27.1 Å². The Morgan fingerprint density at radius 1 is 0.882 bits per heavy atom. The Labute approximate surface area is 302 Å². The first-order chi connectivity index (χ1) is 24.6. The Balaban J connectivity index is 1.000. The summed E-state index contributed by atoms with van der Waals surface area (Å²) >= 11 is 0. The first kappa shape index (κ1) is 35.4. The van der Waals surface area contributed by atoms with Crippen LogP contribution in [0.15, 0.2) is 36.4 Å². The van der Waals surface area contributed by atoms with Crippen molar-refractivity contribution in [1.29, 1.82) is 0 Å². The van der Waals surface area contributed by atoms with Crippen LogP contribution in [0, 0.1) is 12.3 Å². The third kappa shape index (κ3) is 7.91. The van der Waals surface area contributed by atoms with Gasteiger partial charge >= 0.3 is 12.1 Å². The van der Waals surface area contributed by atoms with Crippen LogP contribution in [0.2, 0.25) is 0 Å². The zero-order valence-electron chi connectivity index (χ0n) is 30.7. The number of urea groups is 1. The van der Waals surface area contributed by atoms with Crippen molar-refractivity contribution >= 4 is 35.1 Å². The molecule has 12 nitrogen and oxygen atoms in total. The van der Waals surface area contributed by atoms with Crippen LogP contribution in [0.1, 0.15) is 69.1 Å². The van der Waals surface area contributed by atoms with Gasteiger partial charge in [0.2, 0.25) is 6.35 Å². The number of anilines is 3. The van der Waals surface area contributed by atoms with Crippen molar-refractivity contribution in [3.63, 3.8) is 0 Å². The lowest BCUT2D eigenvalue weighted by molar-refractivity contribution is -0.142. The number of carbonyl (C=O) groups is 3. The van der Waals surface area contributed by atoms with Gasteiger partial charge in [0, 0.05) is 64.0 Å². The van der Waals surface area contributed by atoms with Gasteiger partial charge in [-0.2, -0.15) is 0 Å². The Morgan fingerprint density at radius 2 is 1.57 bits per heavy atom. The molecule has 12 heteroatoms. The maximum absolute atomic E-state index is 14.2. The van der Waals surface area contributed by atoms with Crippen LogP contribution >= 0.6 is 0 Å². The summed E-state index contributed by atoms with van der Waals surface area (Å²) in [6.07, 6.45) is 4.92. The number of para-hydroxylation sites is 1. The molecule has 276 valence electrons. The van der Waals surface area contributed by atoms with Crippen LogP contribution in [0.3, 0.4) is 0 Å². The predicted octanol–water partition coefficient (Wildman–Crippen LogP) is 5.48. The maximum Gasteiger partial charge on any atom is 0.410 e. The molecule has 2 aromatic rings. The minimum atomic E-state index is -0.942. The Kier molecular flexibility index (Phi) is 10.3. The van der Waals surface area contributed by atoms with Gasteiger partial charge in [-0.3, -0.25) is 4.79 Å². The standard InChI is InChI=1S/C39H55N7O5/c1-26-23-27(24-32-34(26)42-36(40-32)50-4)25-33(35(47)44-16-10-29(11-17-44)43-21-14-39(2,3)15-22-43)51-38(49)45-18-12-30(13-19-45)46-20-9-28-7-5-6-8-31(28)41-37(46)48/h5-8,23-24,29-30,33,36,40,42H,9-22,25H2,1-4H3,(H,41,48)/t33-,36?/m1/s1. The van der Waals surface area contributed by atoms with Crippen LogP contribution < -0.4 is 16.0 Å². The highest BCUT2D eigenvalue weighted by atomic mass is 16.6. The second kappa shape index (κ2) is 14.9. The number of rotatable bonds is 7. The average Bonchev–Trinajstić information content (AvgIpc) is 3.48. The van der Waals surface area contributed by atoms with Gasteiger partial charge in [-0.25, -0.2) is 9.59 Å². The Morgan fingerprint density at radius 3 is 2.29 bits per heavy atom. The lowest BCUT2D eigenvalue weighted by Gasteiger charge is -2.44. The molecule has 1 unspecified atom stereocenters. The minimum absolute atomic E-state index is 0.0273. The van der Waals surface area contributed by atoms with E-state index in [1.165, 1.54) is 12.8 Å². The number of piperidine rings is 3. The number of nitrogens with zero attached hydrogens (tertiary/aromatic N) is 4. The van der Waals surface area contributed by atoms with Gasteiger partial charge in [-0.05, 0) is 99.2 Å². The van der Waals surface area contributed by atoms with Crippen molar-refractivity contribution in [3.05, 3.63) is 53.1 Å². The van der Waals surface area contributed by atoms with Gasteiger partial charge in [0.25, 0.3) is 5.91 Å². The molecule has 5 heterocycles. The maximum atomic E-state index is 14.2. The number of aryl methyl sites for hydroxylation is 1. The molecule has 0 aliphatic carbocycles. The number of hydrogen-bond acceptors (Lipinski definition) is 8. The molecule has 3 saturated heterocycles. The largest absolute Gasteiger partial charge is 0.436 e. The summed E-state index contributed by atoms with van der Waals surface area (Å²) in [5, 5.41) is 9.72. The molecule has 0 radical (unpaired) electrons. The number of nitrogens with one attached hydrogen (secondary N) is 3. The molecule has 5 aliphatic heterocycles. The first-order valence-electron chi connectivity index (χ1n) is 18.9. The molecule has 7 rings (SSSR count). The predicted molar refractivity (Wildman–Crippen MR) is 198 cm³/mol. The number of likely N-dealkylation sites (tertiary alicyclic amines) is 3. The summed E-state index contributed by atoms with van der Waals surface area (Å²) in [7, 11) is 1.64. The van der Waals surface area contributed by atoms with Crippen molar-refractivity contribution in [2.24, 2.45) is 5.41 Å². The van der Waals surface area contributed by atoms with E-state index in [2.05, 4.69) is 46.8 Å². The molecular weight excluding hydrogens is 646 g/mol. The van der Waals surface area contributed by atoms with Gasteiger partial charge < -0.3 is 45.0 Å². The summed E-state index contributed by atoms with van der Waals surface area (Å²) in [6, 6.07) is 12.4. The molecule has 0 saturated carbocycles. The molecule has 2 aromatic carbocycles. The summed E-state index contributed by atoms with van der Waals surface area (Å²) < 4.78 is 11.6. The number of methoxy groups -OCH3 is 1. The molecule has 2 atom stereocenters. The second-order valence-electron chi connectivity index (χ2n) is 15.8. The number of ether oxygens (including phenoxy) is 2. The van der Waals surface area contributed by atoms with Crippen molar-refractivity contribution < 1.29 is 23.9 Å². The fourth-order valence-electron chi connectivity index (χ4n) is 8.55. The molecule has 51 heavy (non-hydrogen) atoms. The van der Waals surface area contributed by atoms with Gasteiger partial charge in [0.05, 0.1) is 11.4 Å². The van der Waals surface area contributed by atoms with Crippen molar-refractivity contribution in [2.45, 2.75) is 96.7 Å². The van der Waals surface area contributed by atoms with Crippen LogP contribution in [0.25, 0.3) is 0 Å². The fraction of sp³-hybridized carbons (Fsp3) is 0.615. The zero-order chi connectivity index (χ0) is 35.7. The van der Waals surface area contributed by atoms with Gasteiger partial charge in [-0.15, -0.1) is 0 Å². The summed E-state index contributed by atoms with van der Waals surface area (Å²) in [4.78, 5) is 49.3. The number of hydrogen-bond donors (Lipinski definition) is 3. The van der Waals surface area contributed by atoms with E-state index in [1.807, 2.05) is 41.0 Å². The number of carbonyl (C=O) groups excluding carboxylic acids is 3. The van der Waals surface area contributed by atoms with Crippen molar-refractivity contribution in [1.82, 2.24) is 19.6 Å². The van der Waals surface area contributed by atoms with E-state index in [4.69, 9.17) is 9.47 Å². The second-order valence-corrected chi connectivity index (χ2v) is 15.8. The van der Waals surface area contributed by atoms with E-state index >= 15 is 0 Å². The third-order valence-electron chi connectivity index (χ3n) is 11.9. The number of fused-ring (bicyclic) bond motifs is 2. The van der Waals surface area contributed by atoms with E-state index in [0.717, 1.165) is 66.1 Å². The van der Waals surface area contributed by atoms with Gasteiger partial charge in [-0.1, -0.05) is 38.1 Å². The normalized spacial score (nSPS) is 23.3. The SMILES string of the molecule is COC1Nc2cc(C[C@@H](OC(=O)N3CCC(N4CCc5ccccc5NC4=O)CC3)C(=O)N3CCC(N4CCC(C)(C)CC4)CC3)cc(C)c2N1. The summed E-state index contributed by atoms with van der Waals surface area (Å²) in [6.45, 7) is 11.8.